The number of hydrogen-bond acceptors (Lipinski definition) is 7. The van der Waals surface area contributed by atoms with Crippen LogP contribution in [0.15, 0.2) is 4.99 Å². The first-order chi connectivity index (χ1) is 14.1. The lowest BCUT2D eigenvalue weighted by molar-refractivity contribution is -0.144. The summed E-state index contributed by atoms with van der Waals surface area (Å²) in [5.41, 5.74) is 10.5. The minimum absolute atomic E-state index is 0.0852. The fraction of sp³-hybridized carbons (Fsp3) is 0.706. The third-order valence-electron chi connectivity index (χ3n) is 4.44. The van der Waals surface area contributed by atoms with Crippen LogP contribution in [0, 0.1) is 0 Å². The molecule has 4 atom stereocenters. The molecule has 0 saturated carbocycles. The quantitative estimate of drug-likeness (QED) is 0.0868. The molecule has 170 valence electrons. The van der Waals surface area contributed by atoms with Gasteiger partial charge in [-0.3, -0.25) is 19.4 Å². The van der Waals surface area contributed by atoms with Crippen LogP contribution in [0.3, 0.4) is 0 Å². The van der Waals surface area contributed by atoms with Crippen LogP contribution in [0.1, 0.15) is 32.6 Å². The predicted molar refractivity (Wildman–Crippen MR) is 107 cm³/mol. The van der Waals surface area contributed by atoms with Crippen LogP contribution in [-0.2, 0) is 19.2 Å². The smallest absolute Gasteiger partial charge is 0.328 e. The van der Waals surface area contributed by atoms with E-state index < -0.39 is 42.5 Å². The van der Waals surface area contributed by atoms with Gasteiger partial charge in [0.15, 0.2) is 12.0 Å². The number of carbonyl (C=O) groups excluding carboxylic acids is 3. The third kappa shape index (κ3) is 9.05. The van der Waals surface area contributed by atoms with Crippen molar-refractivity contribution in [3.63, 3.8) is 0 Å². The first-order valence-corrected chi connectivity index (χ1v) is 9.69. The van der Waals surface area contributed by atoms with Crippen molar-refractivity contribution in [3.8, 4) is 0 Å². The van der Waals surface area contributed by atoms with E-state index in [0.717, 1.165) is 6.42 Å². The van der Waals surface area contributed by atoms with Crippen molar-refractivity contribution >= 4 is 29.7 Å². The molecular formula is C17H31N7O6. The van der Waals surface area contributed by atoms with E-state index in [-0.39, 0.29) is 30.9 Å². The molecule has 30 heavy (non-hydrogen) atoms. The molecule has 13 nitrogen and oxygen atoms in total. The Kier molecular flexibility index (Phi) is 10.5. The molecule has 0 radical (unpaired) electrons. The van der Waals surface area contributed by atoms with E-state index in [0.29, 0.717) is 19.4 Å². The van der Waals surface area contributed by atoms with Crippen molar-refractivity contribution in [2.45, 2.75) is 56.8 Å². The average Bonchev–Trinajstić information content (AvgIpc) is 3.20. The number of guanidine groups is 1. The average molecular weight is 429 g/mol. The highest BCUT2D eigenvalue weighted by molar-refractivity contribution is 5.92. The number of aliphatic carboxylic acids is 1. The van der Waals surface area contributed by atoms with Crippen LogP contribution in [0.5, 0.6) is 0 Å². The summed E-state index contributed by atoms with van der Waals surface area (Å²) in [7, 11) is 0. The number of carboxylic acids is 1. The molecule has 4 unspecified atom stereocenters. The number of aliphatic imine (C=N–C) groups is 1. The van der Waals surface area contributed by atoms with E-state index in [1.165, 1.54) is 6.92 Å². The maximum absolute atomic E-state index is 12.5. The summed E-state index contributed by atoms with van der Waals surface area (Å²) < 4.78 is 0. The van der Waals surface area contributed by atoms with Gasteiger partial charge in [0, 0.05) is 6.54 Å². The van der Waals surface area contributed by atoms with Gasteiger partial charge in [0.2, 0.25) is 17.7 Å². The Morgan fingerprint density at radius 3 is 2.47 bits per heavy atom. The molecule has 0 spiro atoms. The zero-order valence-electron chi connectivity index (χ0n) is 16.9. The lowest BCUT2D eigenvalue weighted by atomic mass is 10.1. The molecular weight excluding hydrogens is 398 g/mol. The Labute approximate surface area is 174 Å². The van der Waals surface area contributed by atoms with Gasteiger partial charge < -0.3 is 42.9 Å². The van der Waals surface area contributed by atoms with Crippen molar-refractivity contribution in [1.82, 2.24) is 21.3 Å². The Hall–Kier alpha value is -2.93. The number of hydrogen-bond donors (Lipinski definition) is 8. The molecule has 0 aromatic carbocycles. The molecule has 0 aromatic heterocycles. The summed E-state index contributed by atoms with van der Waals surface area (Å²) in [5, 5.41) is 28.5. The number of rotatable bonds is 12. The highest BCUT2D eigenvalue weighted by atomic mass is 16.4. The first kappa shape index (κ1) is 25.1. The van der Waals surface area contributed by atoms with Crippen molar-refractivity contribution in [1.29, 1.82) is 0 Å². The Bertz CT molecular complexity index is 645. The fourth-order valence-corrected chi connectivity index (χ4v) is 2.86. The molecule has 0 aromatic rings. The van der Waals surface area contributed by atoms with Crippen LogP contribution in [0.4, 0.5) is 0 Å². The van der Waals surface area contributed by atoms with Crippen LogP contribution in [-0.4, -0.2) is 83.7 Å². The standard InChI is InChI=1S/C17H31N7O6/c1-9(25)13(16(29)30)24-12(26)8-22-14(27)11(5-3-7-21-17(18)19)23-15(28)10-4-2-6-20-10/h9-11,13,20,25H,2-8H2,1H3,(H,22,27)(H,23,28)(H,24,26)(H,29,30)(H4,18,19,21). The lowest BCUT2D eigenvalue weighted by Gasteiger charge is -2.21. The molecule has 1 saturated heterocycles. The monoisotopic (exact) mass is 429 g/mol. The normalized spacial score (nSPS) is 18.5. The highest BCUT2D eigenvalue weighted by Crippen LogP contribution is 2.06. The summed E-state index contributed by atoms with van der Waals surface area (Å²) in [6.07, 6.45) is 0.835. The molecule has 0 bridgehead atoms. The van der Waals surface area contributed by atoms with E-state index in [9.17, 15) is 24.3 Å². The van der Waals surface area contributed by atoms with E-state index in [1.54, 1.807) is 0 Å². The second kappa shape index (κ2) is 12.6. The zero-order valence-corrected chi connectivity index (χ0v) is 16.9. The van der Waals surface area contributed by atoms with Crippen LogP contribution >= 0.6 is 0 Å². The van der Waals surface area contributed by atoms with Gasteiger partial charge in [-0.15, -0.1) is 0 Å². The van der Waals surface area contributed by atoms with Gasteiger partial charge in [-0.1, -0.05) is 0 Å². The lowest BCUT2D eigenvalue weighted by Crippen LogP contribution is -2.54. The summed E-state index contributed by atoms with van der Waals surface area (Å²) in [5.74, 6) is -3.21. The summed E-state index contributed by atoms with van der Waals surface area (Å²) in [4.78, 5) is 51.6. The number of aliphatic hydroxyl groups excluding tert-OH is 1. The molecule has 13 heteroatoms. The summed E-state index contributed by atoms with van der Waals surface area (Å²) >= 11 is 0. The number of amides is 3. The number of carboxylic acid groups (broad SMARTS) is 1. The predicted octanol–water partition coefficient (Wildman–Crippen LogP) is -3.66. The summed E-state index contributed by atoms with van der Waals surface area (Å²) in [6, 6.07) is -2.81. The van der Waals surface area contributed by atoms with Crippen molar-refractivity contribution < 1.29 is 29.4 Å². The number of aliphatic hydroxyl groups is 1. The Balaban J connectivity index is 2.63. The van der Waals surface area contributed by atoms with Crippen LogP contribution in [0.2, 0.25) is 0 Å². The second-order valence-corrected chi connectivity index (χ2v) is 7.00. The van der Waals surface area contributed by atoms with Gasteiger partial charge in [0.05, 0.1) is 18.7 Å². The molecule has 1 aliphatic rings. The molecule has 1 heterocycles. The third-order valence-corrected chi connectivity index (χ3v) is 4.44. The number of nitrogens with zero attached hydrogens (tertiary/aromatic N) is 1. The van der Waals surface area contributed by atoms with Gasteiger partial charge in [-0.05, 0) is 39.2 Å². The van der Waals surface area contributed by atoms with E-state index in [2.05, 4.69) is 26.3 Å². The van der Waals surface area contributed by atoms with Crippen molar-refractivity contribution in [2.24, 2.45) is 16.5 Å². The molecule has 0 aliphatic carbocycles. The maximum Gasteiger partial charge on any atom is 0.328 e. The number of nitrogens with two attached hydrogens (primary N) is 2. The summed E-state index contributed by atoms with van der Waals surface area (Å²) in [6.45, 7) is 1.68. The van der Waals surface area contributed by atoms with Gasteiger partial charge in [0.25, 0.3) is 0 Å². The molecule has 10 N–H and O–H groups in total. The largest absolute Gasteiger partial charge is 0.480 e. The van der Waals surface area contributed by atoms with E-state index in [1.807, 2.05) is 0 Å². The molecule has 1 fully saturated rings. The van der Waals surface area contributed by atoms with Crippen molar-refractivity contribution in [2.75, 3.05) is 19.6 Å². The van der Waals surface area contributed by atoms with Gasteiger partial charge >= 0.3 is 5.97 Å². The van der Waals surface area contributed by atoms with E-state index in [4.69, 9.17) is 16.6 Å². The topological polar surface area (TPSA) is 221 Å². The van der Waals surface area contributed by atoms with Gasteiger partial charge in [0.1, 0.15) is 6.04 Å². The molecule has 1 rings (SSSR count). The SMILES string of the molecule is CC(O)C(NC(=O)CNC(=O)C(CCCN=C(N)N)NC(=O)C1CCCN1)C(=O)O. The number of carbonyl (C=O) groups is 4. The number of nitrogens with one attached hydrogen (secondary N) is 4. The Morgan fingerprint density at radius 2 is 1.93 bits per heavy atom. The Morgan fingerprint density at radius 1 is 1.23 bits per heavy atom. The van der Waals surface area contributed by atoms with Gasteiger partial charge in [-0.2, -0.15) is 0 Å². The zero-order chi connectivity index (χ0) is 22.7. The first-order valence-electron chi connectivity index (χ1n) is 9.69. The van der Waals surface area contributed by atoms with Crippen molar-refractivity contribution in [3.05, 3.63) is 0 Å². The highest BCUT2D eigenvalue weighted by Gasteiger charge is 2.28. The van der Waals surface area contributed by atoms with Crippen LogP contribution < -0.4 is 32.7 Å². The minimum Gasteiger partial charge on any atom is -0.480 e. The molecule has 3 amide bonds. The minimum atomic E-state index is -1.50. The maximum atomic E-state index is 12.5. The molecule has 1 aliphatic heterocycles. The second-order valence-electron chi connectivity index (χ2n) is 7.00. The fourth-order valence-electron chi connectivity index (χ4n) is 2.86. The van der Waals surface area contributed by atoms with Gasteiger partial charge in [-0.25, -0.2) is 4.79 Å². The van der Waals surface area contributed by atoms with E-state index >= 15 is 0 Å². The van der Waals surface area contributed by atoms with Crippen LogP contribution in [0.25, 0.3) is 0 Å².